The average Bonchev–Trinajstić information content (AvgIpc) is 3.45. The van der Waals surface area contributed by atoms with Gasteiger partial charge in [-0.25, -0.2) is 4.98 Å². The van der Waals surface area contributed by atoms with E-state index in [9.17, 15) is 13.2 Å². The van der Waals surface area contributed by atoms with Crippen molar-refractivity contribution in [3.8, 4) is 5.88 Å². The van der Waals surface area contributed by atoms with Crippen LogP contribution in [0.1, 0.15) is 54.1 Å². The van der Waals surface area contributed by atoms with Crippen LogP contribution in [-0.4, -0.2) is 28.0 Å². The first-order valence-corrected chi connectivity index (χ1v) is 9.72. The Labute approximate surface area is 162 Å². The van der Waals surface area contributed by atoms with Gasteiger partial charge in [0.05, 0.1) is 11.3 Å². The molecule has 1 aliphatic carbocycles. The molecule has 28 heavy (non-hydrogen) atoms. The molecule has 4 rings (SSSR count). The van der Waals surface area contributed by atoms with E-state index in [0.29, 0.717) is 17.3 Å². The first-order chi connectivity index (χ1) is 13.3. The second kappa shape index (κ2) is 7.35. The van der Waals surface area contributed by atoms with Gasteiger partial charge in [0.15, 0.2) is 0 Å². The van der Waals surface area contributed by atoms with Crippen molar-refractivity contribution in [2.75, 3.05) is 13.1 Å². The van der Waals surface area contributed by atoms with E-state index in [1.807, 2.05) is 13.8 Å². The van der Waals surface area contributed by atoms with E-state index in [1.165, 1.54) is 25.0 Å². The summed E-state index contributed by atoms with van der Waals surface area (Å²) in [7, 11) is 0. The molecule has 0 saturated heterocycles. The first kappa shape index (κ1) is 19.2. The van der Waals surface area contributed by atoms with E-state index in [2.05, 4.69) is 14.9 Å². The maximum Gasteiger partial charge on any atom is 0.416 e. The number of aryl methyl sites for hydroxylation is 1. The second-order valence-electron chi connectivity index (χ2n) is 7.81. The molecule has 2 aliphatic rings. The molecule has 2 heterocycles. The summed E-state index contributed by atoms with van der Waals surface area (Å²) in [5, 5.41) is 0. The Morgan fingerprint density at radius 2 is 1.89 bits per heavy atom. The van der Waals surface area contributed by atoms with Gasteiger partial charge in [0.25, 0.3) is 0 Å². The minimum absolute atomic E-state index is 0.403. The topological polar surface area (TPSA) is 38.3 Å². The van der Waals surface area contributed by atoms with E-state index < -0.39 is 17.8 Å². The zero-order chi connectivity index (χ0) is 19.9. The summed E-state index contributed by atoms with van der Waals surface area (Å²) in [6, 6.07) is 5.11. The third-order valence-corrected chi connectivity index (χ3v) is 5.42. The fourth-order valence-electron chi connectivity index (χ4n) is 3.66. The SMILES string of the molecule is Cc1nc2c(c(OC(C)c3ccc(C(F)(F)F)cc3)n1)CN(CC1CC1)CC2. The van der Waals surface area contributed by atoms with Crippen molar-refractivity contribution < 1.29 is 17.9 Å². The molecule has 1 saturated carbocycles. The van der Waals surface area contributed by atoms with Gasteiger partial charge >= 0.3 is 6.18 Å². The molecule has 1 aliphatic heterocycles. The quantitative estimate of drug-likeness (QED) is 0.740. The Balaban J connectivity index is 1.53. The zero-order valence-electron chi connectivity index (χ0n) is 16.1. The molecule has 1 unspecified atom stereocenters. The molecule has 4 nitrogen and oxygen atoms in total. The summed E-state index contributed by atoms with van der Waals surface area (Å²) >= 11 is 0. The van der Waals surface area contributed by atoms with Crippen LogP contribution in [0.2, 0.25) is 0 Å². The Bertz CT molecular complexity index is 847. The Kier molecular flexibility index (Phi) is 5.04. The molecule has 1 aromatic heterocycles. The number of alkyl halides is 3. The Hall–Kier alpha value is -2.15. The van der Waals surface area contributed by atoms with E-state index in [0.717, 1.165) is 55.4 Å². The Morgan fingerprint density at radius 1 is 1.18 bits per heavy atom. The lowest BCUT2D eigenvalue weighted by Crippen LogP contribution is -2.33. The summed E-state index contributed by atoms with van der Waals surface area (Å²) in [6.45, 7) is 6.53. The van der Waals surface area contributed by atoms with Crippen molar-refractivity contribution in [1.82, 2.24) is 14.9 Å². The molecule has 1 atom stereocenters. The highest BCUT2D eigenvalue weighted by Crippen LogP contribution is 2.34. The highest BCUT2D eigenvalue weighted by molar-refractivity contribution is 5.34. The molecule has 0 N–H and O–H groups in total. The summed E-state index contributed by atoms with van der Waals surface area (Å²) in [5.41, 5.74) is 2.06. The molecule has 1 fully saturated rings. The van der Waals surface area contributed by atoms with Crippen LogP contribution >= 0.6 is 0 Å². The van der Waals surface area contributed by atoms with Crippen molar-refractivity contribution in [3.63, 3.8) is 0 Å². The van der Waals surface area contributed by atoms with Crippen molar-refractivity contribution in [1.29, 1.82) is 0 Å². The van der Waals surface area contributed by atoms with E-state index >= 15 is 0 Å². The lowest BCUT2D eigenvalue weighted by molar-refractivity contribution is -0.137. The van der Waals surface area contributed by atoms with Crippen LogP contribution in [0.4, 0.5) is 13.2 Å². The monoisotopic (exact) mass is 391 g/mol. The highest BCUT2D eigenvalue weighted by atomic mass is 19.4. The van der Waals surface area contributed by atoms with Gasteiger partial charge in [-0.3, -0.25) is 4.90 Å². The minimum Gasteiger partial charge on any atom is -0.469 e. The maximum atomic E-state index is 12.8. The molecule has 2 aromatic rings. The molecule has 150 valence electrons. The highest BCUT2D eigenvalue weighted by Gasteiger charge is 2.31. The van der Waals surface area contributed by atoms with Gasteiger partial charge in [0.1, 0.15) is 11.9 Å². The summed E-state index contributed by atoms with van der Waals surface area (Å²) in [6.07, 6.45) is -1.25. The van der Waals surface area contributed by atoms with Crippen LogP contribution in [0.5, 0.6) is 5.88 Å². The van der Waals surface area contributed by atoms with Crippen molar-refractivity contribution in [3.05, 3.63) is 52.5 Å². The van der Waals surface area contributed by atoms with Crippen LogP contribution in [0, 0.1) is 12.8 Å². The predicted molar refractivity (Wildman–Crippen MR) is 99.0 cm³/mol. The molecule has 0 spiro atoms. The maximum absolute atomic E-state index is 12.8. The molecular weight excluding hydrogens is 367 g/mol. The van der Waals surface area contributed by atoms with Gasteiger partial charge in [-0.2, -0.15) is 18.2 Å². The molecule has 0 radical (unpaired) electrons. The first-order valence-electron chi connectivity index (χ1n) is 9.72. The average molecular weight is 391 g/mol. The third kappa shape index (κ3) is 4.29. The molecule has 7 heteroatoms. The number of hydrogen-bond donors (Lipinski definition) is 0. The fraction of sp³-hybridized carbons (Fsp3) is 0.524. The molecule has 0 amide bonds. The van der Waals surface area contributed by atoms with Gasteiger partial charge in [-0.15, -0.1) is 0 Å². The Morgan fingerprint density at radius 3 is 2.54 bits per heavy atom. The summed E-state index contributed by atoms with van der Waals surface area (Å²) < 4.78 is 44.5. The van der Waals surface area contributed by atoms with Crippen LogP contribution in [0.3, 0.4) is 0 Å². The summed E-state index contributed by atoms with van der Waals surface area (Å²) in [5.74, 6) is 2.02. The largest absolute Gasteiger partial charge is 0.469 e. The number of aromatic nitrogens is 2. The fourth-order valence-corrected chi connectivity index (χ4v) is 3.66. The normalized spacial score (nSPS) is 18.6. The molecular formula is C21H24F3N3O. The van der Waals surface area contributed by atoms with E-state index in [-0.39, 0.29) is 0 Å². The van der Waals surface area contributed by atoms with Crippen LogP contribution in [0.25, 0.3) is 0 Å². The number of rotatable bonds is 5. The lowest BCUT2D eigenvalue weighted by atomic mass is 10.1. The van der Waals surface area contributed by atoms with Gasteiger partial charge in [-0.1, -0.05) is 12.1 Å². The standard InChI is InChI=1S/C21H24F3N3O/c1-13(16-5-7-17(8-6-16)21(22,23)24)28-20-18-12-27(11-15-3-4-15)10-9-19(18)25-14(2)26-20/h5-8,13,15H,3-4,9-12H2,1-2H3. The minimum atomic E-state index is -4.34. The van der Waals surface area contributed by atoms with Crippen LogP contribution < -0.4 is 4.74 Å². The van der Waals surface area contributed by atoms with Gasteiger partial charge in [0, 0.05) is 31.6 Å². The number of halogens is 3. The van der Waals surface area contributed by atoms with Gasteiger partial charge < -0.3 is 4.74 Å². The van der Waals surface area contributed by atoms with Gasteiger partial charge in [-0.05, 0) is 50.3 Å². The van der Waals surface area contributed by atoms with Crippen molar-refractivity contribution in [2.45, 2.75) is 51.9 Å². The third-order valence-electron chi connectivity index (χ3n) is 5.42. The summed E-state index contributed by atoms with van der Waals surface area (Å²) in [4.78, 5) is 11.5. The lowest BCUT2D eigenvalue weighted by Gasteiger charge is -2.29. The van der Waals surface area contributed by atoms with E-state index in [4.69, 9.17) is 4.74 Å². The number of fused-ring (bicyclic) bond motifs is 1. The number of ether oxygens (including phenoxy) is 1. The smallest absolute Gasteiger partial charge is 0.416 e. The van der Waals surface area contributed by atoms with Gasteiger partial charge in [0.2, 0.25) is 5.88 Å². The van der Waals surface area contributed by atoms with Crippen LogP contribution in [-0.2, 0) is 19.1 Å². The number of hydrogen-bond acceptors (Lipinski definition) is 4. The number of benzene rings is 1. The molecule has 0 bridgehead atoms. The van der Waals surface area contributed by atoms with E-state index in [1.54, 1.807) is 0 Å². The predicted octanol–water partition coefficient (Wildman–Crippen LogP) is 4.71. The second-order valence-corrected chi connectivity index (χ2v) is 7.81. The zero-order valence-corrected chi connectivity index (χ0v) is 16.1. The van der Waals surface area contributed by atoms with Crippen LogP contribution in [0.15, 0.2) is 24.3 Å². The number of nitrogens with zero attached hydrogens (tertiary/aromatic N) is 3. The van der Waals surface area contributed by atoms with Crippen molar-refractivity contribution in [2.24, 2.45) is 5.92 Å². The van der Waals surface area contributed by atoms with Crippen molar-refractivity contribution >= 4 is 0 Å². The molecule has 1 aromatic carbocycles.